The molecule has 3 atom stereocenters. The molecule has 168 valence electrons. The molecule has 0 spiro atoms. The lowest BCUT2D eigenvalue weighted by molar-refractivity contribution is -0.405. The van der Waals surface area contributed by atoms with Crippen LogP contribution >= 0.6 is 0 Å². The number of hydrogen-bond donors (Lipinski definition) is 3. The van der Waals surface area contributed by atoms with E-state index in [1.54, 1.807) is 0 Å². The van der Waals surface area contributed by atoms with Gasteiger partial charge in [0.2, 0.25) is 5.91 Å². The van der Waals surface area contributed by atoms with Crippen molar-refractivity contribution in [3.63, 3.8) is 0 Å². The van der Waals surface area contributed by atoms with Gasteiger partial charge in [0.05, 0.1) is 20.7 Å². The molecule has 1 aromatic rings. The minimum atomic E-state index is -1.48. The molecule has 0 radical (unpaired) electrons. The second-order valence-electron chi connectivity index (χ2n) is 7.68. The summed E-state index contributed by atoms with van der Waals surface area (Å²) in [6, 6.07) is 0.804. The van der Waals surface area contributed by atoms with Gasteiger partial charge >= 0.3 is 17.1 Å². The number of rotatable bonds is 3. The molecule has 31 heavy (non-hydrogen) atoms. The van der Waals surface area contributed by atoms with Crippen molar-refractivity contribution >= 4 is 23.0 Å². The Morgan fingerprint density at radius 1 is 0.968 bits per heavy atom. The van der Waals surface area contributed by atoms with E-state index in [0.717, 1.165) is 32.0 Å². The van der Waals surface area contributed by atoms with Crippen molar-refractivity contribution in [1.29, 1.82) is 0 Å². The maximum atomic E-state index is 12.1. The Kier molecular flexibility index (Phi) is 6.19. The number of aromatic hydroxyl groups is 2. The van der Waals surface area contributed by atoms with Crippen LogP contribution in [0.4, 0.5) is 17.1 Å². The van der Waals surface area contributed by atoms with Crippen LogP contribution in [0.25, 0.3) is 0 Å². The van der Waals surface area contributed by atoms with E-state index in [0.29, 0.717) is 17.9 Å². The predicted molar refractivity (Wildman–Crippen MR) is 104 cm³/mol. The van der Waals surface area contributed by atoms with E-state index in [2.05, 4.69) is 10.2 Å². The topological polar surface area (TPSA) is 202 Å². The van der Waals surface area contributed by atoms with Gasteiger partial charge in [-0.1, -0.05) is 0 Å². The zero-order chi connectivity index (χ0) is 22.9. The summed E-state index contributed by atoms with van der Waals surface area (Å²) in [7, 11) is 0. The van der Waals surface area contributed by atoms with Gasteiger partial charge in [0.15, 0.2) is 0 Å². The summed E-state index contributed by atoms with van der Waals surface area (Å²) < 4.78 is 0. The fourth-order valence-electron chi connectivity index (χ4n) is 4.48. The summed E-state index contributed by atoms with van der Waals surface area (Å²) in [6.07, 6.45) is 4.92. The highest BCUT2D eigenvalue weighted by molar-refractivity contribution is 5.80. The molecule has 3 unspecified atom stereocenters. The molecular weight excluding hydrogens is 418 g/mol. The fraction of sp³-hybridized carbons (Fsp3) is 0.588. The van der Waals surface area contributed by atoms with E-state index in [4.69, 9.17) is 10.2 Å². The number of carbonyl (C=O) groups excluding carboxylic acids is 1. The monoisotopic (exact) mass is 439 g/mol. The number of nitro groups is 3. The molecular formula is C17H21N5O9. The van der Waals surface area contributed by atoms with Crippen molar-refractivity contribution in [1.82, 2.24) is 10.2 Å². The lowest BCUT2D eigenvalue weighted by atomic mass is 9.76. The van der Waals surface area contributed by atoms with Gasteiger partial charge < -0.3 is 20.4 Å². The standard InChI is InChI=1S/C11H18N2O.C6H3N3O8/c14-11-9-5-8(6-12-7-9)10-3-1-2-4-13(10)11;10-5-2(7(12)13)1-3(8(14)15)6(11)4(5)9(16)17/h8-10,12H,1-7H2;1,10-11H. The van der Waals surface area contributed by atoms with Crippen LogP contribution in [-0.2, 0) is 4.79 Å². The third kappa shape index (κ3) is 4.19. The lowest BCUT2D eigenvalue weighted by Crippen LogP contribution is -2.60. The third-order valence-corrected chi connectivity index (χ3v) is 5.89. The maximum Gasteiger partial charge on any atom is 0.366 e. The number of nitrogens with one attached hydrogen (secondary N) is 1. The van der Waals surface area contributed by atoms with Crippen LogP contribution in [0, 0.1) is 42.2 Å². The molecule has 1 aromatic carbocycles. The van der Waals surface area contributed by atoms with Gasteiger partial charge in [0, 0.05) is 19.1 Å². The molecule has 2 bridgehead atoms. The normalized spacial score (nSPS) is 24.5. The first-order chi connectivity index (χ1) is 14.6. The van der Waals surface area contributed by atoms with Gasteiger partial charge in [-0.25, -0.2) is 0 Å². The SMILES string of the molecule is O=C1C2CNCC(C2)C2CCCCN12.O=[N+]([O-])c1cc([N+](=O)[O-])c(O)c([N+](=O)[O-])c1O. The van der Waals surface area contributed by atoms with E-state index in [1.807, 2.05) is 0 Å². The highest BCUT2D eigenvalue weighted by Gasteiger charge is 2.44. The van der Waals surface area contributed by atoms with Gasteiger partial charge in [-0.05, 0) is 38.1 Å². The number of nitrogens with zero attached hydrogens (tertiary/aromatic N) is 4. The Labute approximate surface area is 174 Å². The smallest absolute Gasteiger partial charge is 0.366 e. The van der Waals surface area contributed by atoms with Gasteiger partial charge in [-0.2, -0.15) is 0 Å². The van der Waals surface area contributed by atoms with E-state index >= 15 is 0 Å². The number of phenols is 2. The Balaban J connectivity index is 0.000000178. The Bertz CT molecular complexity index is 899. The highest BCUT2D eigenvalue weighted by atomic mass is 16.6. The van der Waals surface area contributed by atoms with Crippen molar-refractivity contribution in [2.24, 2.45) is 11.8 Å². The van der Waals surface area contributed by atoms with Crippen LogP contribution in [0.5, 0.6) is 11.5 Å². The first-order valence-electron chi connectivity index (χ1n) is 9.66. The highest BCUT2D eigenvalue weighted by Crippen LogP contribution is 2.47. The number of nitro benzene ring substituents is 3. The molecule has 3 saturated heterocycles. The maximum absolute atomic E-state index is 12.1. The molecule has 0 aliphatic carbocycles. The van der Waals surface area contributed by atoms with Crippen LogP contribution in [-0.4, -0.2) is 61.5 Å². The summed E-state index contributed by atoms with van der Waals surface area (Å²) in [6.45, 7) is 3.07. The van der Waals surface area contributed by atoms with Crippen molar-refractivity contribution in [3.05, 3.63) is 36.4 Å². The molecule has 3 fully saturated rings. The molecule has 1 amide bonds. The summed E-state index contributed by atoms with van der Waals surface area (Å²) in [5, 5.41) is 52.9. The first-order valence-corrected chi connectivity index (χ1v) is 9.66. The first kappa shape index (κ1) is 22.1. The Hall–Kier alpha value is -3.55. The van der Waals surface area contributed by atoms with Crippen molar-refractivity contribution in [3.8, 4) is 11.5 Å². The van der Waals surface area contributed by atoms with Crippen LogP contribution in [0.1, 0.15) is 25.7 Å². The van der Waals surface area contributed by atoms with Gasteiger partial charge in [-0.15, -0.1) is 0 Å². The summed E-state index contributed by atoms with van der Waals surface area (Å²) in [5.41, 5.74) is -3.95. The Morgan fingerprint density at radius 2 is 1.58 bits per heavy atom. The molecule has 0 saturated carbocycles. The zero-order valence-corrected chi connectivity index (χ0v) is 16.3. The van der Waals surface area contributed by atoms with Crippen molar-refractivity contribution in [2.75, 3.05) is 19.6 Å². The van der Waals surface area contributed by atoms with E-state index in [-0.39, 0.29) is 6.07 Å². The van der Waals surface area contributed by atoms with Crippen LogP contribution in [0.15, 0.2) is 6.07 Å². The van der Waals surface area contributed by atoms with E-state index in [9.17, 15) is 35.1 Å². The number of fused-ring (bicyclic) bond motifs is 4. The number of benzene rings is 1. The van der Waals surface area contributed by atoms with Crippen LogP contribution in [0.2, 0.25) is 0 Å². The molecule has 14 heteroatoms. The summed E-state index contributed by atoms with van der Waals surface area (Å²) in [5.74, 6) is -1.42. The molecule has 3 aliphatic heterocycles. The largest absolute Gasteiger partial charge is 0.497 e. The average Bonchev–Trinajstić information content (AvgIpc) is 2.72. The third-order valence-electron chi connectivity index (χ3n) is 5.89. The average molecular weight is 439 g/mol. The Morgan fingerprint density at radius 3 is 2.13 bits per heavy atom. The molecule has 3 N–H and O–H groups in total. The second-order valence-corrected chi connectivity index (χ2v) is 7.68. The minimum absolute atomic E-state index is 0.234. The molecule has 4 rings (SSSR count). The van der Waals surface area contributed by atoms with E-state index in [1.165, 1.54) is 19.3 Å². The number of hydrogen-bond acceptors (Lipinski definition) is 10. The predicted octanol–water partition coefficient (Wildman–Crippen LogP) is 1.43. The number of phenolic OH excluding ortho intramolecular Hbond substituents is 2. The van der Waals surface area contributed by atoms with Gasteiger partial charge in [0.25, 0.3) is 11.5 Å². The molecule has 3 aliphatic rings. The second kappa shape index (κ2) is 8.67. The fourth-order valence-corrected chi connectivity index (χ4v) is 4.48. The zero-order valence-electron chi connectivity index (χ0n) is 16.3. The minimum Gasteiger partial charge on any atom is -0.497 e. The van der Waals surface area contributed by atoms with Crippen molar-refractivity contribution in [2.45, 2.75) is 31.7 Å². The molecule has 0 aromatic heterocycles. The van der Waals surface area contributed by atoms with E-state index < -0.39 is 43.3 Å². The summed E-state index contributed by atoms with van der Waals surface area (Å²) >= 11 is 0. The summed E-state index contributed by atoms with van der Waals surface area (Å²) in [4.78, 5) is 41.6. The lowest BCUT2D eigenvalue weighted by Gasteiger charge is -2.49. The molecule has 3 heterocycles. The van der Waals surface area contributed by atoms with Crippen molar-refractivity contribution < 1.29 is 29.8 Å². The molecule has 14 nitrogen and oxygen atoms in total. The number of piperidine rings is 3. The van der Waals surface area contributed by atoms with Crippen LogP contribution in [0.3, 0.4) is 0 Å². The number of amides is 1. The van der Waals surface area contributed by atoms with Gasteiger partial charge in [0.1, 0.15) is 6.07 Å². The number of carbonyl (C=O) groups is 1. The quantitative estimate of drug-likeness (QED) is 0.456. The van der Waals surface area contributed by atoms with Crippen LogP contribution < -0.4 is 5.32 Å². The van der Waals surface area contributed by atoms with Gasteiger partial charge in [-0.3, -0.25) is 35.1 Å².